The second-order valence-corrected chi connectivity index (χ2v) is 8.60. The van der Waals surface area contributed by atoms with E-state index in [1.165, 1.54) is 0 Å². The van der Waals surface area contributed by atoms with Crippen LogP contribution in [0.25, 0.3) is 11.4 Å². The summed E-state index contributed by atoms with van der Waals surface area (Å²) in [6.07, 6.45) is 0.323. The Bertz CT molecular complexity index is 962. The molecule has 1 aromatic carbocycles. The fourth-order valence-electron chi connectivity index (χ4n) is 2.83. The van der Waals surface area contributed by atoms with Crippen LogP contribution in [-0.4, -0.2) is 39.1 Å². The number of thiophene rings is 1. The van der Waals surface area contributed by atoms with E-state index in [1.807, 2.05) is 67.9 Å². The van der Waals surface area contributed by atoms with Crippen molar-refractivity contribution < 1.29 is 18.8 Å². The molecule has 0 N–H and O–H groups in total. The van der Waals surface area contributed by atoms with E-state index >= 15 is 0 Å². The van der Waals surface area contributed by atoms with Gasteiger partial charge in [-0.2, -0.15) is 16.3 Å². The molecule has 2 aromatic heterocycles. The van der Waals surface area contributed by atoms with Crippen molar-refractivity contribution in [2.75, 3.05) is 6.61 Å². The second-order valence-electron chi connectivity index (χ2n) is 7.82. The third-order valence-electron chi connectivity index (χ3n) is 4.44. The Morgan fingerprint density at radius 3 is 2.60 bits per heavy atom. The van der Waals surface area contributed by atoms with Crippen molar-refractivity contribution in [3.8, 4) is 11.4 Å². The predicted molar refractivity (Wildman–Crippen MR) is 114 cm³/mol. The Balaban J connectivity index is 1.49. The quantitative estimate of drug-likeness (QED) is 0.503. The van der Waals surface area contributed by atoms with E-state index in [0.29, 0.717) is 18.3 Å². The summed E-state index contributed by atoms with van der Waals surface area (Å²) in [4.78, 5) is 30.8. The molecule has 3 rings (SSSR count). The number of aryl methyl sites for hydroxylation is 1. The third-order valence-corrected chi connectivity index (χ3v) is 5.12. The van der Waals surface area contributed by atoms with Crippen LogP contribution in [0.5, 0.6) is 0 Å². The number of benzene rings is 1. The molecule has 7 nitrogen and oxygen atoms in total. The van der Waals surface area contributed by atoms with E-state index in [0.717, 1.165) is 11.1 Å². The van der Waals surface area contributed by atoms with Crippen LogP contribution in [0.1, 0.15) is 38.6 Å². The number of carbonyl (C=O) groups is 2. The molecule has 0 radical (unpaired) electrons. The Morgan fingerprint density at radius 1 is 1.17 bits per heavy atom. The van der Waals surface area contributed by atoms with E-state index in [1.54, 1.807) is 16.2 Å². The molecule has 3 aromatic rings. The first-order valence-corrected chi connectivity index (χ1v) is 10.6. The lowest BCUT2D eigenvalue weighted by Crippen LogP contribution is -2.46. The maximum Gasteiger partial charge on any atom is 0.306 e. The molecule has 8 heteroatoms. The van der Waals surface area contributed by atoms with Gasteiger partial charge in [-0.25, -0.2) is 0 Å². The summed E-state index contributed by atoms with van der Waals surface area (Å²) in [5.41, 5.74) is 1.50. The SMILES string of the molecule is CC(C)(C)N(Cc1ccccc1)C(=O)COC(=O)CCc1nc(-c2ccsc2)no1. The minimum Gasteiger partial charge on any atom is -0.456 e. The largest absolute Gasteiger partial charge is 0.456 e. The van der Waals surface area contributed by atoms with Gasteiger partial charge in [-0.15, -0.1) is 0 Å². The van der Waals surface area contributed by atoms with Crippen molar-refractivity contribution in [2.45, 2.75) is 45.7 Å². The van der Waals surface area contributed by atoms with Gasteiger partial charge in [0.1, 0.15) is 0 Å². The van der Waals surface area contributed by atoms with Gasteiger partial charge in [0.25, 0.3) is 5.91 Å². The Kier molecular flexibility index (Phi) is 6.99. The van der Waals surface area contributed by atoms with Crippen LogP contribution in [0, 0.1) is 0 Å². The molecule has 1 amide bonds. The maximum atomic E-state index is 12.7. The van der Waals surface area contributed by atoms with E-state index < -0.39 is 11.5 Å². The molecule has 30 heavy (non-hydrogen) atoms. The van der Waals surface area contributed by atoms with Crippen molar-refractivity contribution in [3.63, 3.8) is 0 Å². The highest BCUT2D eigenvalue weighted by atomic mass is 32.1. The molecular formula is C22H25N3O4S. The molecule has 0 unspecified atom stereocenters. The fraction of sp³-hybridized carbons (Fsp3) is 0.364. The average molecular weight is 428 g/mol. The van der Waals surface area contributed by atoms with E-state index in [4.69, 9.17) is 9.26 Å². The first kappa shape index (κ1) is 21.7. The first-order chi connectivity index (χ1) is 14.3. The number of amides is 1. The van der Waals surface area contributed by atoms with E-state index in [2.05, 4.69) is 10.1 Å². The lowest BCUT2D eigenvalue weighted by atomic mass is 10.0. The summed E-state index contributed by atoms with van der Waals surface area (Å²) in [5.74, 6) is 0.140. The molecular weight excluding hydrogens is 402 g/mol. The van der Waals surface area contributed by atoms with Crippen LogP contribution >= 0.6 is 11.3 Å². The van der Waals surface area contributed by atoms with Gasteiger partial charge >= 0.3 is 5.97 Å². The highest BCUT2D eigenvalue weighted by Gasteiger charge is 2.27. The van der Waals surface area contributed by atoms with Crippen LogP contribution < -0.4 is 0 Å². The topological polar surface area (TPSA) is 85.5 Å². The van der Waals surface area contributed by atoms with Crippen LogP contribution in [0.3, 0.4) is 0 Å². The number of rotatable bonds is 8. The van der Waals surface area contributed by atoms with Crippen LogP contribution in [0.4, 0.5) is 0 Å². The third kappa shape index (κ3) is 6.00. The standard InChI is InChI=1S/C22H25N3O4S/c1-22(2,3)25(13-16-7-5-4-6-8-16)19(26)14-28-20(27)10-9-18-23-21(24-29-18)17-11-12-30-15-17/h4-8,11-12,15H,9-10,13-14H2,1-3H3. The number of esters is 1. The highest BCUT2D eigenvalue weighted by Crippen LogP contribution is 2.20. The molecule has 0 atom stereocenters. The molecule has 0 aliphatic rings. The van der Waals surface area contributed by atoms with Gasteiger partial charge in [0.05, 0.1) is 6.42 Å². The number of carbonyl (C=O) groups excluding carboxylic acids is 2. The smallest absolute Gasteiger partial charge is 0.306 e. The maximum absolute atomic E-state index is 12.7. The number of aromatic nitrogens is 2. The zero-order chi connectivity index (χ0) is 21.6. The summed E-state index contributed by atoms with van der Waals surface area (Å²) >= 11 is 1.54. The van der Waals surface area contributed by atoms with Gasteiger partial charge in [-0.3, -0.25) is 9.59 Å². The number of hydrogen-bond donors (Lipinski definition) is 0. The summed E-state index contributed by atoms with van der Waals surface area (Å²) in [7, 11) is 0. The number of ether oxygens (including phenoxy) is 1. The Hall–Kier alpha value is -3.00. The molecule has 0 saturated heterocycles. The molecule has 0 spiro atoms. The van der Waals surface area contributed by atoms with Gasteiger partial charge in [0, 0.05) is 29.4 Å². The molecule has 158 valence electrons. The number of hydrogen-bond acceptors (Lipinski definition) is 7. The lowest BCUT2D eigenvalue weighted by molar-refractivity contribution is -0.154. The van der Waals surface area contributed by atoms with Gasteiger partial charge in [-0.1, -0.05) is 35.5 Å². The molecule has 0 bridgehead atoms. The first-order valence-electron chi connectivity index (χ1n) is 9.68. The lowest BCUT2D eigenvalue weighted by Gasteiger charge is -2.35. The van der Waals surface area contributed by atoms with E-state index in [9.17, 15) is 9.59 Å². The van der Waals surface area contributed by atoms with Gasteiger partial charge in [0.2, 0.25) is 11.7 Å². The minimum atomic E-state index is -0.479. The molecule has 0 aliphatic heterocycles. The minimum absolute atomic E-state index is 0.0623. The summed E-state index contributed by atoms with van der Waals surface area (Å²) in [6, 6.07) is 11.6. The molecule has 2 heterocycles. The predicted octanol–water partition coefficient (Wildman–Crippen LogP) is 4.10. The average Bonchev–Trinajstić information content (AvgIpc) is 3.40. The summed E-state index contributed by atoms with van der Waals surface area (Å²) in [6.45, 7) is 6.02. The summed E-state index contributed by atoms with van der Waals surface area (Å²) in [5, 5.41) is 7.76. The van der Waals surface area contributed by atoms with Crippen molar-refractivity contribution in [3.05, 3.63) is 58.6 Å². The van der Waals surface area contributed by atoms with Crippen molar-refractivity contribution in [2.24, 2.45) is 0 Å². The normalized spacial score (nSPS) is 11.3. The van der Waals surface area contributed by atoms with Gasteiger partial charge in [-0.05, 0) is 37.8 Å². The summed E-state index contributed by atoms with van der Waals surface area (Å²) < 4.78 is 10.4. The van der Waals surface area contributed by atoms with Crippen LogP contribution in [0.15, 0.2) is 51.7 Å². The molecule has 0 fully saturated rings. The zero-order valence-corrected chi connectivity index (χ0v) is 18.1. The van der Waals surface area contributed by atoms with Crippen LogP contribution in [0.2, 0.25) is 0 Å². The fourth-order valence-corrected chi connectivity index (χ4v) is 3.47. The van der Waals surface area contributed by atoms with Crippen LogP contribution in [-0.2, 0) is 27.3 Å². The van der Waals surface area contributed by atoms with Gasteiger partial charge in [0.15, 0.2) is 6.61 Å². The monoisotopic (exact) mass is 427 g/mol. The highest BCUT2D eigenvalue weighted by molar-refractivity contribution is 7.08. The van der Waals surface area contributed by atoms with Gasteiger partial charge < -0.3 is 14.2 Å². The Morgan fingerprint density at radius 2 is 1.93 bits per heavy atom. The molecule has 0 saturated carbocycles. The second kappa shape index (κ2) is 9.67. The van der Waals surface area contributed by atoms with Crippen molar-refractivity contribution in [1.82, 2.24) is 15.0 Å². The van der Waals surface area contributed by atoms with E-state index in [-0.39, 0.29) is 25.4 Å². The zero-order valence-electron chi connectivity index (χ0n) is 17.3. The van der Waals surface area contributed by atoms with Crippen molar-refractivity contribution in [1.29, 1.82) is 0 Å². The number of nitrogens with zero attached hydrogens (tertiary/aromatic N) is 3. The molecule has 0 aliphatic carbocycles. The van der Waals surface area contributed by atoms with Crippen molar-refractivity contribution >= 4 is 23.2 Å². The Labute approximate surface area is 179 Å².